The van der Waals surface area contributed by atoms with Crippen LogP contribution in [0.2, 0.25) is 0 Å². The Morgan fingerprint density at radius 2 is 2.20 bits per heavy atom. The predicted molar refractivity (Wildman–Crippen MR) is 56.8 cm³/mol. The van der Waals surface area contributed by atoms with Gasteiger partial charge in [-0.1, -0.05) is 13.8 Å². The first-order chi connectivity index (χ1) is 7.04. The summed E-state index contributed by atoms with van der Waals surface area (Å²) >= 11 is 0. The third kappa shape index (κ3) is 3.04. The molecule has 15 heavy (non-hydrogen) atoms. The van der Waals surface area contributed by atoms with Gasteiger partial charge in [-0.25, -0.2) is 0 Å². The van der Waals surface area contributed by atoms with Crippen molar-refractivity contribution in [3.8, 4) is 0 Å². The number of carbonyl (C=O) groups excluding carboxylic acids is 1. The van der Waals surface area contributed by atoms with Crippen LogP contribution in [0.5, 0.6) is 0 Å². The lowest BCUT2D eigenvalue weighted by atomic mass is 10.1. The van der Waals surface area contributed by atoms with E-state index in [-0.39, 0.29) is 18.1 Å². The average molecular weight is 211 g/mol. The first-order valence-electron chi connectivity index (χ1n) is 5.11. The van der Waals surface area contributed by atoms with E-state index in [2.05, 4.69) is 10.1 Å². The van der Waals surface area contributed by atoms with E-state index < -0.39 is 0 Å². The van der Waals surface area contributed by atoms with E-state index >= 15 is 0 Å². The molecule has 0 radical (unpaired) electrons. The summed E-state index contributed by atoms with van der Waals surface area (Å²) in [6, 6.07) is 0. The third-order valence-corrected chi connectivity index (χ3v) is 2.24. The Kier molecular flexibility index (Phi) is 3.82. The van der Waals surface area contributed by atoms with E-state index in [1.165, 1.54) is 0 Å². The molecule has 84 valence electrons. The molecule has 5 nitrogen and oxygen atoms in total. The molecule has 0 amide bonds. The normalized spacial score (nSPS) is 10.7. The van der Waals surface area contributed by atoms with Crippen molar-refractivity contribution >= 4 is 11.7 Å². The molecular weight excluding hydrogens is 194 g/mol. The number of ketones is 1. The van der Waals surface area contributed by atoms with Crippen molar-refractivity contribution in [2.75, 3.05) is 18.5 Å². The van der Waals surface area contributed by atoms with E-state index in [0.717, 1.165) is 6.54 Å². The molecule has 5 heteroatoms. The minimum absolute atomic E-state index is 0.00394. The number of carbonyl (C=O) groups is 1. The van der Waals surface area contributed by atoms with Crippen LogP contribution in [0.1, 0.15) is 26.7 Å². The van der Waals surface area contributed by atoms with Crippen molar-refractivity contribution in [3.63, 3.8) is 0 Å². The lowest BCUT2D eigenvalue weighted by Crippen LogP contribution is -2.17. The first kappa shape index (κ1) is 11.7. The number of aromatic nitrogens is 2. The summed E-state index contributed by atoms with van der Waals surface area (Å²) < 4.78 is 4.98. The molecule has 0 bridgehead atoms. The number of hydrogen-bond acceptors (Lipinski definition) is 5. The highest BCUT2D eigenvalue weighted by Crippen LogP contribution is 2.09. The van der Waals surface area contributed by atoms with Gasteiger partial charge in [0.1, 0.15) is 5.78 Å². The van der Waals surface area contributed by atoms with Gasteiger partial charge in [-0.3, -0.25) is 4.79 Å². The van der Waals surface area contributed by atoms with Crippen molar-refractivity contribution in [1.29, 1.82) is 0 Å². The van der Waals surface area contributed by atoms with Crippen LogP contribution in [0.3, 0.4) is 0 Å². The van der Waals surface area contributed by atoms with Crippen LogP contribution >= 0.6 is 0 Å². The van der Waals surface area contributed by atoms with Gasteiger partial charge in [-0.05, 0) is 12.1 Å². The van der Waals surface area contributed by atoms with Crippen molar-refractivity contribution in [2.24, 2.45) is 5.92 Å². The zero-order chi connectivity index (χ0) is 11.4. The Labute approximate surface area is 89.5 Å². The Morgan fingerprint density at radius 1 is 1.53 bits per heavy atom. The largest absolute Gasteiger partial charge is 0.342 e. The average Bonchev–Trinajstić information content (AvgIpc) is 2.65. The Morgan fingerprint density at radius 3 is 2.73 bits per heavy atom. The lowest BCUT2D eigenvalue weighted by Gasteiger charge is -2.08. The molecule has 0 aliphatic rings. The summed E-state index contributed by atoms with van der Waals surface area (Å²) in [7, 11) is 1.87. The van der Waals surface area contributed by atoms with Crippen LogP contribution in [-0.2, 0) is 11.2 Å². The van der Waals surface area contributed by atoms with Gasteiger partial charge in [0.05, 0.1) is 6.42 Å². The van der Waals surface area contributed by atoms with E-state index in [1.807, 2.05) is 32.7 Å². The maximum Gasteiger partial charge on any atom is 0.265 e. The number of hydrogen-bond donors (Lipinski definition) is 0. The van der Waals surface area contributed by atoms with E-state index in [0.29, 0.717) is 11.8 Å². The van der Waals surface area contributed by atoms with Crippen LogP contribution in [0.25, 0.3) is 0 Å². The quantitative estimate of drug-likeness (QED) is 0.734. The number of rotatable bonds is 5. The zero-order valence-electron chi connectivity index (χ0n) is 9.65. The van der Waals surface area contributed by atoms with Crippen LogP contribution in [-0.4, -0.2) is 29.5 Å². The Balaban J connectivity index is 2.64. The van der Waals surface area contributed by atoms with Crippen LogP contribution in [0.4, 0.5) is 5.95 Å². The minimum atomic E-state index is 0.00394. The Hall–Kier alpha value is -1.39. The fourth-order valence-corrected chi connectivity index (χ4v) is 0.967. The molecule has 0 atom stereocenters. The molecule has 0 spiro atoms. The third-order valence-electron chi connectivity index (χ3n) is 2.24. The summed E-state index contributed by atoms with van der Waals surface area (Å²) in [6.45, 7) is 6.52. The summed E-state index contributed by atoms with van der Waals surface area (Å²) in [5.41, 5.74) is 0. The number of anilines is 1. The van der Waals surface area contributed by atoms with Gasteiger partial charge in [0.2, 0.25) is 5.89 Å². The lowest BCUT2D eigenvalue weighted by molar-refractivity contribution is -0.121. The summed E-state index contributed by atoms with van der Waals surface area (Å²) in [5.74, 6) is 1.04. The topological polar surface area (TPSA) is 59.2 Å². The minimum Gasteiger partial charge on any atom is -0.342 e. The summed E-state index contributed by atoms with van der Waals surface area (Å²) in [4.78, 5) is 17.4. The molecule has 0 aliphatic carbocycles. The van der Waals surface area contributed by atoms with Gasteiger partial charge < -0.3 is 9.42 Å². The molecule has 0 fully saturated rings. The molecule has 0 saturated carbocycles. The molecule has 1 rings (SSSR count). The number of nitrogens with zero attached hydrogens (tertiary/aromatic N) is 3. The molecule has 1 heterocycles. The van der Waals surface area contributed by atoms with Gasteiger partial charge in [-0.15, -0.1) is 0 Å². The van der Waals surface area contributed by atoms with Gasteiger partial charge in [0.15, 0.2) is 0 Å². The first-order valence-corrected chi connectivity index (χ1v) is 5.11. The van der Waals surface area contributed by atoms with Crippen LogP contribution in [0.15, 0.2) is 4.52 Å². The fourth-order valence-electron chi connectivity index (χ4n) is 0.967. The molecule has 0 aliphatic heterocycles. The SMILES string of the molecule is CCN(C)c1noc(CC(=O)C(C)C)n1. The van der Waals surface area contributed by atoms with Crippen molar-refractivity contribution in [3.05, 3.63) is 5.89 Å². The van der Waals surface area contributed by atoms with Gasteiger partial charge in [-0.2, -0.15) is 4.98 Å². The second-order valence-corrected chi connectivity index (χ2v) is 3.80. The van der Waals surface area contributed by atoms with Crippen molar-refractivity contribution in [2.45, 2.75) is 27.2 Å². The monoisotopic (exact) mass is 211 g/mol. The van der Waals surface area contributed by atoms with Gasteiger partial charge in [0, 0.05) is 19.5 Å². The molecule has 0 aromatic carbocycles. The van der Waals surface area contributed by atoms with Crippen LogP contribution in [0, 0.1) is 5.92 Å². The molecule has 1 aromatic rings. The van der Waals surface area contributed by atoms with Crippen molar-refractivity contribution in [1.82, 2.24) is 10.1 Å². The maximum atomic E-state index is 11.4. The predicted octanol–water partition coefficient (Wildman–Crippen LogP) is 1.29. The van der Waals surface area contributed by atoms with E-state index in [4.69, 9.17) is 4.52 Å². The highest BCUT2D eigenvalue weighted by molar-refractivity contribution is 5.81. The smallest absolute Gasteiger partial charge is 0.265 e. The summed E-state index contributed by atoms with van der Waals surface area (Å²) in [5, 5.41) is 3.79. The molecule has 0 saturated heterocycles. The summed E-state index contributed by atoms with van der Waals surface area (Å²) in [6.07, 6.45) is 0.224. The van der Waals surface area contributed by atoms with E-state index in [1.54, 1.807) is 0 Å². The fraction of sp³-hybridized carbons (Fsp3) is 0.700. The molecular formula is C10H17N3O2. The standard InChI is InChI=1S/C10H17N3O2/c1-5-13(4)10-11-9(15-12-10)6-8(14)7(2)3/h7H,5-6H2,1-4H3. The van der Waals surface area contributed by atoms with Crippen molar-refractivity contribution < 1.29 is 9.32 Å². The van der Waals surface area contributed by atoms with Gasteiger partial charge >= 0.3 is 0 Å². The molecule has 0 unspecified atom stereocenters. The van der Waals surface area contributed by atoms with Crippen LogP contribution < -0.4 is 4.90 Å². The number of Topliss-reactive ketones (excluding diaryl/α,β-unsaturated/α-hetero) is 1. The zero-order valence-corrected chi connectivity index (χ0v) is 9.65. The van der Waals surface area contributed by atoms with E-state index in [9.17, 15) is 4.79 Å². The van der Waals surface area contributed by atoms with Gasteiger partial charge in [0.25, 0.3) is 5.95 Å². The Bertz CT molecular complexity index is 333. The highest BCUT2D eigenvalue weighted by Gasteiger charge is 2.14. The molecule has 0 N–H and O–H groups in total. The molecule has 1 aromatic heterocycles. The second kappa shape index (κ2) is 4.91. The maximum absolute atomic E-state index is 11.4. The highest BCUT2D eigenvalue weighted by atomic mass is 16.5. The second-order valence-electron chi connectivity index (χ2n) is 3.80.